The zero-order valence-electron chi connectivity index (χ0n) is 10.0. The first-order valence-electron chi connectivity index (χ1n) is 5.95. The molecule has 2 rings (SSSR count). The minimum absolute atomic E-state index is 0.491. The zero-order chi connectivity index (χ0) is 11.9. The van der Waals surface area contributed by atoms with Crippen LogP contribution in [-0.2, 0) is 6.54 Å². The van der Waals surface area contributed by atoms with Crippen molar-refractivity contribution in [2.45, 2.75) is 31.6 Å². The van der Waals surface area contributed by atoms with E-state index in [1.54, 1.807) is 0 Å². The molecular weight excluding hydrogens is 277 g/mol. The van der Waals surface area contributed by atoms with Crippen molar-refractivity contribution in [1.82, 2.24) is 15.0 Å². The summed E-state index contributed by atoms with van der Waals surface area (Å²) in [5, 5.41) is 9.67. The molecule has 0 atom stereocenters. The number of aromatic nitrogens is 3. The standard InChI is InChI=1S/C13H17N3Se/c1-2-3-9-17-13-11-16(15-14-13)10-12-7-5-4-6-8-12/h4-8,11H,2-3,9-10H2,1H3. The van der Waals surface area contributed by atoms with E-state index in [0.29, 0.717) is 15.0 Å². The van der Waals surface area contributed by atoms with Gasteiger partial charge in [-0.1, -0.05) is 0 Å². The van der Waals surface area contributed by atoms with Gasteiger partial charge in [0.1, 0.15) is 0 Å². The van der Waals surface area contributed by atoms with Gasteiger partial charge in [-0.2, -0.15) is 0 Å². The molecular formula is C13H17N3Se. The fraction of sp³-hybridized carbons (Fsp3) is 0.385. The Morgan fingerprint density at radius 1 is 1.24 bits per heavy atom. The summed E-state index contributed by atoms with van der Waals surface area (Å²) in [7, 11) is 0. The van der Waals surface area contributed by atoms with Gasteiger partial charge in [-0.05, 0) is 0 Å². The molecule has 0 saturated carbocycles. The Kier molecular flexibility index (Phi) is 4.77. The van der Waals surface area contributed by atoms with Crippen LogP contribution < -0.4 is 4.59 Å². The molecule has 90 valence electrons. The SMILES string of the molecule is CCCC[Se]c1cn(Cc2ccccc2)nn1. The Labute approximate surface area is 108 Å². The molecule has 0 aliphatic rings. The Balaban J connectivity index is 1.90. The van der Waals surface area contributed by atoms with Gasteiger partial charge in [-0.15, -0.1) is 0 Å². The van der Waals surface area contributed by atoms with Gasteiger partial charge in [0, 0.05) is 0 Å². The average Bonchev–Trinajstić information content (AvgIpc) is 2.79. The molecule has 3 nitrogen and oxygen atoms in total. The second-order valence-electron chi connectivity index (χ2n) is 3.94. The second kappa shape index (κ2) is 6.57. The first-order chi connectivity index (χ1) is 8.38. The van der Waals surface area contributed by atoms with Crippen LogP contribution in [0.3, 0.4) is 0 Å². The molecule has 1 aromatic carbocycles. The van der Waals surface area contributed by atoms with Gasteiger partial charge in [0.25, 0.3) is 0 Å². The van der Waals surface area contributed by atoms with Crippen LogP contribution in [0.15, 0.2) is 36.5 Å². The molecule has 1 heterocycles. The molecule has 0 amide bonds. The van der Waals surface area contributed by atoms with Crippen LogP contribution in [0, 0.1) is 0 Å². The molecule has 0 aliphatic carbocycles. The van der Waals surface area contributed by atoms with Crippen molar-refractivity contribution in [3.63, 3.8) is 0 Å². The summed E-state index contributed by atoms with van der Waals surface area (Å²) >= 11 is 0.491. The van der Waals surface area contributed by atoms with Gasteiger partial charge in [-0.25, -0.2) is 0 Å². The maximum absolute atomic E-state index is 4.22. The van der Waals surface area contributed by atoms with Gasteiger partial charge >= 0.3 is 108 Å². The van der Waals surface area contributed by atoms with Crippen molar-refractivity contribution in [3.05, 3.63) is 42.1 Å². The zero-order valence-corrected chi connectivity index (χ0v) is 11.8. The normalized spacial score (nSPS) is 10.6. The average molecular weight is 294 g/mol. The fourth-order valence-electron chi connectivity index (χ4n) is 1.52. The van der Waals surface area contributed by atoms with E-state index in [4.69, 9.17) is 0 Å². The summed E-state index contributed by atoms with van der Waals surface area (Å²) in [6.07, 6.45) is 4.65. The first kappa shape index (κ1) is 12.3. The second-order valence-corrected chi connectivity index (χ2v) is 6.28. The number of unbranched alkanes of at least 4 members (excludes halogenated alkanes) is 1. The molecule has 0 fully saturated rings. The van der Waals surface area contributed by atoms with Crippen molar-refractivity contribution in [2.24, 2.45) is 0 Å². The van der Waals surface area contributed by atoms with Gasteiger partial charge in [0.05, 0.1) is 0 Å². The third-order valence-corrected chi connectivity index (χ3v) is 4.50. The van der Waals surface area contributed by atoms with Crippen LogP contribution >= 0.6 is 0 Å². The van der Waals surface area contributed by atoms with Crippen LogP contribution in [-0.4, -0.2) is 30.0 Å². The van der Waals surface area contributed by atoms with Gasteiger partial charge in [0.2, 0.25) is 0 Å². The number of hydrogen-bond donors (Lipinski definition) is 0. The van der Waals surface area contributed by atoms with Crippen LogP contribution in [0.1, 0.15) is 25.3 Å². The predicted molar refractivity (Wildman–Crippen MR) is 70.7 cm³/mol. The molecule has 0 radical (unpaired) electrons. The Hall–Kier alpha value is -1.12. The Morgan fingerprint density at radius 3 is 2.82 bits per heavy atom. The number of hydrogen-bond acceptors (Lipinski definition) is 2. The summed E-state index contributed by atoms with van der Waals surface area (Å²) < 4.78 is 3.10. The van der Waals surface area contributed by atoms with Crippen molar-refractivity contribution in [3.8, 4) is 0 Å². The Bertz CT molecular complexity index is 439. The van der Waals surface area contributed by atoms with E-state index in [0.717, 1.165) is 6.54 Å². The van der Waals surface area contributed by atoms with E-state index in [9.17, 15) is 0 Å². The van der Waals surface area contributed by atoms with Crippen LogP contribution in [0.25, 0.3) is 0 Å². The third kappa shape index (κ3) is 3.99. The predicted octanol–water partition coefficient (Wildman–Crippen LogP) is 1.87. The number of nitrogens with zero attached hydrogens (tertiary/aromatic N) is 3. The van der Waals surface area contributed by atoms with Crippen molar-refractivity contribution < 1.29 is 0 Å². The molecule has 2 aromatic rings. The molecule has 0 aliphatic heterocycles. The molecule has 17 heavy (non-hydrogen) atoms. The third-order valence-electron chi connectivity index (χ3n) is 2.45. The molecule has 0 spiro atoms. The molecule has 1 aromatic heterocycles. The number of benzene rings is 1. The van der Waals surface area contributed by atoms with Crippen LogP contribution in [0.4, 0.5) is 0 Å². The molecule has 0 saturated heterocycles. The van der Waals surface area contributed by atoms with Gasteiger partial charge in [0.15, 0.2) is 0 Å². The summed E-state index contributed by atoms with van der Waals surface area (Å²) in [5.74, 6) is 0. The molecule has 0 unspecified atom stereocenters. The molecule has 4 heteroatoms. The monoisotopic (exact) mass is 295 g/mol. The van der Waals surface area contributed by atoms with E-state index in [2.05, 4.69) is 47.7 Å². The van der Waals surface area contributed by atoms with Crippen molar-refractivity contribution in [2.75, 3.05) is 0 Å². The van der Waals surface area contributed by atoms with Gasteiger partial charge in [-0.3, -0.25) is 0 Å². The first-order valence-corrected chi connectivity index (χ1v) is 8.02. The quantitative estimate of drug-likeness (QED) is 0.601. The van der Waals surface area contributed by atoms with Gasteiger partial charge < -0.3 is 0 Å². The minimum atomic E-state index is 0.491. The van der Waals surface area contributed by atoms with E-state index in [-0.39, 0.29) is 0 Å². The van der Waals surface area contributed by atoms with Crippen molar-refractivity contribution in [1.29, 1.82) is 0 Å². The van der Waals surface area contributed by atoms with Crippen LogP contribution in [0.2, 0.25) is 5.32 Å². The summed E-state index contributed by atoms with van der Waals surface area (Å²) in [6, 6.07) is 10.4. The van der Waals surface area contributed by atoms with Crippen molar-refractivity contribution >= 4 is 19.5 Å². The fourth-order valence-corrected chi connectivity index (χ4v) is 3.47. The Morgan fingerprint density at radius 2 is 2.06 bits per heavy atom. The summed E-state index contributed by atoms with van der Waals surface area (Å²) in [5.41, 5.74) is 1.27. The number of rotatable bonds is 6. The van der Waals surface area contributed by atoms with Crippen LogP contribution in [0.5, 0.6) is 0 Å². The van der Waals surface area contributed by atoms with E-state index in [1.165, 1.54) is 28.3 Å². The maximum atomic E-state index is 4.22. The summed E-state index contributed by atoms with van der Waals surface area (Å²) in [6.45, 7) is 3.04. The van der Waals surface area contributed by atoms with E-state index >= 15 is 0 Å². The van der Waals surface area contributed by atoms with E-state index < -0.39 is 0 Å². The van der Waals surface area contributed by atoms with E-state index in [1.807, 2.05) is 10.7 Å². The summed E-state index contributed by atoms with van der Waals surface area (Å²) in [4.78, 5) is 0. The topological polar surface area (TPSA) is 30.7 Å². The molecule has 0 N–H and O–H groups in total. The molecule has 0 bridgehead atoms.